The van der Waals surface area contributed by atoms with Crippen molar-refractivity contribution in [1.29, 1.82) is 0 Å². The monoisotopic (exact) mass is 977 g/mol. The van der Waals surface area contributed by atoms with E-state index in [9.17, 15) is 63.9 Å². The molecule has 0 amide bonds. The van der Waals surface area contributed by atoms with Gasteiger partial charge in [0, 0.05) is 12.6 Å². The average Bonchev–Trinajstić information content (AvgIpc) is 3.34. The van der Waals surface area contributed by atoms with Crippen molar-refractivity contribution in [3.63, 3.8) is 0 Å². The molecule has 0 saturated heterocycles. The van der Waals surface area contributed by atoms with E-state index in [0.29, 0.717) is 6.04 Å². The third-order valence-electron chi connectivity index (χ3n) is 10.7. The molecule has 1 aliphatic carbocycles. The van der Waals surface area contributed by atoms with E-state index in [-0.39, 0.29) is 28.4 Å². The predicted octanol–water partition coefficient (Wildman–Crippen LogP) is 6.53. The van der Waals surface area contributed by atoms with E-state index in [1.807, 2.05) is 18.2 Å². The molecule has 6 N–H and O–H groups in total. The average molecular weight is 978 g/mol. The number of aliphatic hydroxyl groups excluding tert-OH is 1. The molecule has 374 valence electrons. The minimum Gasteiger partial charge on any atom is -0.478 e. The van der Waals surface area contributed by atoms with Gasteiger partial charge in [-0.25, -0.2) is 38.4 Å². The van der Waals surface area contributed by atoms with Crippen LogP contribution in [0, 0.1) is 27.7 Å². The highest BCUT2D eigenvalue weighted by Gasteiger charge is 2.42. The molecule has 1 fully saturated rings. The van der Waals surface area contributed by atoms with Crippen molar-refractivity contribution in [3.8, 4) is 0 Å². The largest absolute Gasteiger partial charge is 0.478 e. The minimum atomic E-state index is -2.22. The Kier molecular flexibility index (Phi) is 21.1. The summed E-state index contributed by atoms with van der Waals surface area (Å²) in [4.78, 5) is 94.7. The lowest BCUT2D eigenvalue weighted by atomic mass is 9.92. The highest BCUT2D eigenvalue weighted by Crippen LogP contribution is 2.20. The first-order chi connectivity index (χ1) is 33.7. The van der Waals surface area contributed by atoms with Gasteiger partial charge in [0.25, 0.3) is 0 Å². The molecule has 0 bridgehead atoms. The molecule has 5 aromatic rings. The van der Waals surface area contributed by atoms with Crippen LogP contribution in [-0.2, 0) is 44.7 Å². The number of ether oxygens (including phenoxy) is 4. The van der Waals surface area contributed by atoms with Crippen molar-refractivity contribution in [2.45, 2.75) is 96.5 Å². The molecule has 0 radical (unpaired) electrons. The van der Waals surface area contributed by atoms with Gasteiger partial charge in [0.1, 0.15) is 0 Å². The zero-order chi connectivity index (χ0) is 52.2. The number of aliphatic hydroxyl groups is 1. The number of aryl methyl sites for hydroxylation is 4. The van der Waals surface area contributed by atoms with E-state index >= 15 is 0 Å². The van der Waals surface area contributed by atoms with Crippen LogP contribution < -0.4 is 5.32 Å². The SMILES string of the molecule is Cc1ccc(C(=O)O[C@@H](C(=O)O)[C@@H](OC(=O)c2ccc(C)cc2)C(=O)O)cc1.Cc1ccc(C(=O)O[C@@H](C(=O)O)[C@@H](OC(=O)c2ccc(C)cc2)C(=O)O)cc1.O[C@@H]1CCCC[C@H]1NCc1ccccc1. The normalized spacial score (nSPS) is 15.5. The second-order valence-electron chi connectivity index (χ2n) is 16.4. The quantitative estimate of drug-likeness (QED) is 0.0427. The zero-order valence-electron chi connectivity index (χ0n) is 39.3. The molecule has 0 spiro atoms. The summed E-state index contributed by atoms with van der Waals surface area (Å²) in [5.41, 5.74) is 4.87. The lowest BCUT2D eigenvalue weighted by molar-refractivity contribution is -0.166. The first-order valence-corrected chi connectivity index (χ1v) is 22.2. The van der Waals surface area contributed by atoms with Gasteiger partial charge in [0.05, 0.1) is 28.4 Å². The van der Waals surface area contributed by atoms with Gasteiger partial charge in [-0.1, -0.05) is 114 Å². The molecule has 5 aromatic carbocycles. The van der Waals surface area contributed by atoms with Crippen LogP contribution in [0.1, 0.15) is 94.9 Å². The molecule has 0 heterocycles. The molecular weight excluding hydrogens is 923 g/mol. The van der Waals surface area contributed by atoms with E-state index in [4.69, 9.17) is 18.9 Å². The number of nitrogens with one attached hydrogen (secondary N) is 1. The molecule has 0 aliphatic heterocycles. The van der Waals surface area contributed by atoms with E-state index in [2.05, 4.69) is 17.4 Å². The molecule has 0 unspecified atom stereocenters. The summed E-state index contributed by atoms with van der Waals surface area (Å²) in [6.07, 6.45) is -4.57. The number of rotatable bonds is 17. The lowest BCUT2D eigenvalue weighted by Crippen LogP contribution is -2.45. The van der Waals surface area contributed by atoms with Gasteiger partial charge >= 0.3 is 47.8 Å². The molecule has 6 rings (SSSR count). The Balaban J connectivity index is 0.000000242. The first-order valence-electron chi connectivity index (χ1n) is 22.2. The highest BCUT2D eigenvalue weighted by atomic mass is 16.6. The van der Waals surface area contributed by atoms with Crippen LogP contribution in [0.25, 0.3) is 0 Å². The van der Waals surface area contributed by atoms with Crippen molar-refractivity contribution in [1.82, 2.24) is 5.32 Å². The number of hydrogen-bond donors (Lipinski definition) is 6. The summed E-state index contributed by atoms with van der Waals surface area (Å²) in [5, 5.41) is 50.5. The summed E-state index contributed by atoms with van der Waals surface area (Å²) >= 11 is 0. The fraction of sp³-hybridized carbons (Fsp3) is 0.283. The second kappa shape index (κ2) is 27.1. The van der Waals surface area contributed by atoms with Crippen LogP contribution in [0.5, 0.6) is 0 Å². The van der Waals surface area contributed by atoms with Gasteiger partial charge in [-0.3, -0.25) is 0 Å². The van der Waals surface area contributed by atoms with E-state index in [1.165, 1.54) is 66.9 Å². The summed E-state index contributed by atoms with van der Waals surface area (Å²) in [5.74, 6) is -11.2. The Hall–Kier alpha value is -8.22. The number of carbonyl (C=O) groups is 8. The Morgan fingerprint density at radius 1 is 0.437 bits per heavy atom. The van der Waals surface area contributed by atoms with Gasteiger partial charge in [0.15, 0.2) is 0 Å². The van der Waals surface area contributed by atoms with E-state index < -0.39 is 72.2 Å². The molecule has 0 aromatic heterocycles. The smallest absolute Gasteiger partial charge is 0.349 e. The van der Waals surface area contributed by atoms with Gasteiger partial charge in [-0.05, 0) is 94.6 Å². The van der Waals surface area contributed by atoms with Crippen molar-refractivity contribution < 1.29 is 82.8 Å². The molecule has 1 aliphatic rings. The maximum absolute atomic E-state index is 12.2. The molecule has 18 heteroatoms. The van der Waals surface area contributed by atoms with Crippen LogP contribution in [0.15, 0.2) is 127 Å². The number of carbonyl (C=O) groups excluding carboxylic acids is 4. The van der Waals surface area contributed by atoms with E-state index in [0.717, 1.165) is 41.6 Å². The number of benzene rings is 5. The van der Waals surface area contributed by atoms with E-state index in [1.54, 1.807) is 76.2 Å². The van der Waals surface area contributed by atoms with Crippen molar-refractivity contribution in [3.05, 3.63) is 177 Å². The summed E-state index contributed by atoms with van der Waals surface area (Å²) in [6.45, 7) is 8.03. The van der Waals surface area contributed by atoms with Gasteiger partial charge in [-0.2, -0.15) is 0 Å². The Morgan fingerprint density at radius 3 is 0.958 bits per heavy atom. The molecular formula is C53H55NO17. The fourth-order valence-electron chi connectivity index (χ4n) is 6.65. The Bertz CT molecular complexity index is 2300. The molecule has 71 heavy (non-hydrogen) atoms. The fourth-order valence-corrected chi connectivity index (χ4v) is 6.65. The van der Waals surface area contributed by atoms with Crippen LogP contribution in [0.4, 0.5) is 0 Å². The number of carboxylic acid groups (broad SMARTS) is 4. The van der Waals surface area contributed by atoms with Crippen LogP contribution in [0.2, 0.25) is 0 Å². The maximum Gasteiger partial charge on any atom is 0.349 e. The first kappa shape index (κ1) is 55.4. The zero-order valence-corrected chi connectivity index (χ0v) is 39.3. The van der Waals surface area contributed by atoms with Crippen LogP contribution in [0.3, 0.4) is 0 Å². The predicted molar refractivity (Wildman–Crippen MR) is 254 cm³/mol. The van der Waals surface area contributed by atoms with Crippen molar-refractivity contribution >= 4 is 47.8 Å². The molecule has 18 nitrogen and oxygen atoms in total. The van der Waals surface area contributed by atoms with Gasteiger partial charge in [-0.15, -0.1) is 0 Å². The summed E-state index contributed by atoms with van der Waals surface area (Å²) in [7, 11) is 0. The van der Waals surface area contributed by atoms with Crippen LogP contribution >= 0.6 is 0 Å². The number of hydrogen-bond acceptors (Lipinski definition) is 14. The standard InChI is InChI=1S/2C20H18O8.C13H19NO/c2*1-11-3-7-13(8-4-11)19(25)27-15(17(21)22)16(18(23)24)28-20(26)14-9-5-12(2)6-10-14;15-13-9-5-4-8-12(13)14-10-11-6-2-1-3-7-11/h2*3-10,15-16H,1-2H3,(H,21,22)(H,23,24);1-3,6-7,12-15H,4-5,8-10H2/t2*15-,16-;12-,13-/m111/s1. The molecule has 1 saturated carbocycles. The molecule has 6 atom stereocenters. The maximum atomic E-state index is 12.2. The Labute approximate surface area is 408 Å². The summed E-state index contributed by atoms with van der Waals surface area (Å²) in [6, 6.07) is 34.8. The van der Waals surface area contributed by atoms with Gasteiger partial charge < -0.3 is 49.8 Å². The second-order valence-corrected chi connectivity index (χ2v) is 16.4. The Morgan fingerprint density at radius 2 is 0.704 bits per heavy atom. The topological polar surface area (TPSA) is 287 Å². The number of aliphatic carboxylic acids is 4. The highest BCUT2D eigenvalue weighted by molar-refractivity contribution is 5.96. The number of carboxylic acids is 4. The third-order valence-corrected chi connectivity index (χ3v) is 10.7. The third kappa shape index (κ3) is 17.7. The minimum absolute atomic E-state index is 0.0332. The lowest BCUT2D eigenvalue weighted by Gasteiger charge is -2.28. The number of esters is 4. The van der Waals surface area contributed by atoms with Crippen molar-refractivity contribution in [2.75, 3.05) is 0 Å². The van der Waals surface area contributed by atoms with Crippen molar-refractivity contribution in [2.24, 2.45) is 0 Å². The summed E-state index contributed by atoms with van der Waals surface area (Å²) < 4.78 is 19.3. The van der Waals surface area contributed by atoms with Crippen LogP contribution in [-0.4, -0.2) is 110 Å². The van der Waals surface area contributed by atoms with Gasteiger partial charge in [0.2, 0.25) is 24.4 Å².